The minimum atomic E-state index is 0.413. The number of hydrogen-bond donors (Lipinski definition) is 0. The second-order valence-electron chi connectivity index (χ2n) is 3.98. The fourth-order valence-corrected chi connectivity index (χ4v) is 2.02. The molecule has 1 saturated heterocycles. The van der Waals surface area contributed by atoms with E-state index in [0.29, 0.717) is 3.42 Å². The largest absolute Gasteiger partial charge is 0.381 e. The zero-order valence-electron chi connectivity index (χ0n) is 7.56. The molecule has 66 valence electrons. The Morgan fingerprint density at radius 3 is 2.55 bits per heavy atom. The van der Waals surface area contributed by atoms with Gasteiger partial charge in [0, 0.05) is 16.6 Å². The third kappa shape index (κ3) is 2.58. The van der Waals surface area contributed by atoms with Gasteiger partial charge in [0.05, 0.1) is 0 Å². The molecule has 0 bridgehead atoms. The summed E-state index contributed by atoms with van der Waals surface area (Å²) in [6.45, 7) is 8.90. The fraction of sp³-hybridized carbons (Fsp3) is 1.00. The van der Waals surface area contributed by atoms with Crippen LogP contribution in [0.2, 0.25) is 0 Å². The van der Waals surface area contributed by atoms with E-state index in [0.717, 1.165) is 25.0 Å². The van der Waals surface area contributed by atoms with Crippen molar-refractivity contribution in [3.63, 3.8) is 0 Å². The summed E-state index contributed by atoms with van der Waals surface area (Å²) in [5, 5.41) is 0. The van der Waals surface area contributed by atoms with Gasteiger partial charge in [-0.1, -0.05) is 43.4 Å². The molecule has 0 aromatic heterocycles. The lowest BCUT2D eigenvalue weighted by Gasteiger charge is -2.29. The molecule has 0 spiro atoms. The van der Waals surface area contributed by atoms with Crippen molar-refractivity contribution in [3.8, 4) is 0 Å². The molecule has 1 aliphatic heterocycles. The average molecular weight is 268 g/mol. The van der Waals surface area contributed by atoms with Crippen molar-refractivity contribution in [2.45, 2.75) is 30.6 Å². The van der Waals surface area contributed by atoms with Crippen molar-refractivity contribution < 1.29 is 4.74 Å². The van der Waals surface area contributed by atoms with Crippen LogP contribution in [0.3, 0.4) is 0 Å². The predicted molar refractivity (Wildman–Crippen MR) is 56.2 cm³/mol. The summed E-state index contributed by atoms with van der Waals surface area (Å²) in [5.74, 6) is 1.56. The van der Waals surface area contributed by atoms with E-state index in [1.807, 2.05) is 0 Å². The highest BCUT2D eigenvalue weighted by Crippen LogP contribution is 2.36. The van der Waals surface area contributed by atoms with E-state index in [2.05, 4.69) is 43.4 Å². The molecular formula is C9H17IO. The molecular weight excluding hydrogens is 251 g/mol. The third-order valence-electron chi connectivity index (χ3n) is 2.75. The van der Waals surface area contributed by atoms with Crippen molar-refractivity contribution >= 4 is 22.6 Å². The quantitative estimate of drug-likeness (QED) is 0.552. The van der Waals surface area contributed by atoms with E-state index >= 15 is 0 Å². The molecule has 1 aliphatic rings. The summed E-state index contributed by atoms with van der Waals surface area (Å²) in [5.41, 5.74) is 0. The Morgan fingerprint density at radius 2 is 2.18 bits per heavy atom. The zero-order valence-corrected chi connectivity index (χ0v) is 9.72. The van der Waals surface area contributed by atoms with E-state index in [1.54, 1.807) is 0 Å². The molecule has 0 aromatic carbocycles. The van der Waals surface area contributed by atoms with Gasteiger partial charge in [-0.3, -0.25) is 0 Å². The lowest BCUT2D eigenvalue weighted by Crippen LogP contribution is -2.28. The van der Waals surface area contributed by atoms with Gasteiger partial charge in [0.2, 0.25) is 0 Å². The fourth-order valence-electron chi connectivity index (χ4n) is 1.51. The van der Waals surface area contributed by atoms with Gasteiger partial charge in [-0.15, -0.1) is 0 Å². The molecule has 0 aromatic rings. The van der Waals surface area contributed by atoms with Crippen LogP contribution < -0.4 is 0 Å². The van der Waals surface area contributed by atoms with Gasteiger partial charge in [0.1, 0.15) is 0 Å². The first-order chi connectivity index (χ1) is 5.02. The molecule has 0 N–H and O–H groups in total. The Kier molecular flexibility index (Phi) is 3.20. The summed E-state index contributed by atoms with van der Waals surface area (Å²) in [6, 6.07) is 0. The Balaban J connectivity index is 2.46. The SMILES string of the molecule is C[C@H]([C@H]1CCOC1)C(C)(C)I. The normalized spacial score (nSPS) is 28.9. The van der Waals surface area contributed by atoms with Gasteiger partial charge < -0.3 is 4.74 Å². The van der Waals surface area contributed by atoms with Crippen LogP contribution in [0.25, 0.3) is 0 Å². The number of ether oxygens (including phenoxy) is 1. The second-order valence-corrected chi connectivity index (χ2v) is 6.76. The van der Waals surface area contributed by atoms with Gasteiger partial charge in [-0.25, -0.2) is 0 Å². The summed E-state index contributed by atoms with van der Waals surface area (Å²) in [4.78, 5) is 0. The van der Waals surface area contributed by atoms with Crippen LogP contribution >= 0.6 is 22.6 Å². The van der Waals surface area contributed by atoms with Crippen LogP contribution in [0.4, 0.5) is 0 Å². The van der Waals surface area contributed by atoms with E-state index < -0.39 is 0 Å². The predicted octanol–water partition coefficient (Wildman–Crippen LogP) is 2.87. The van der Waals surface area contributed by atoms with Crippen molar-refractivity contribution in [2.75, 3.05) is 13.2 Å². The molecule has 11 heavy (non-hydrogen) atoms. The Hall–Kier alpha value is 0.690. The van der Waals surface area contributed by atoms with Crippen LogP contribution in [0.1, 0.15) is 27.2 Å². The highest BCUT2D eigenvalue weighted by atomic mass is 127. The summed E-state index contributed by atoms with van der Waals surface area (Å²) < 4.78 is 5.78. The van der Waals surface area contributed by atoms with E-state index in [9.17, 15) is 0 Å². The second kappa shape index (κ2) is 3.60. The number of alkyl halides is 1. The standard InChI is InChI=1S/C9H17IO/c1-7(9(2,3)10)8-4-5-11-6-8/h7-8H,4-6H2,1-3H3/t7-,8+/m1/s1. The minimum Gasteiger partial charge on any atom is -0.381 e. The molecule has 1 rings (SSSR count). The molecule has 2 heteroatoms. The Bertz CT molecular complexity index is 122. The maximum atomic E-state index is 5.37. The molecule has 0 saturated carbocycles. The number of halogens is 1. The first kappa shape index (κ1) is 9.78. The smallest absolute Gasteiger partial charge is 0.0498 e. The summed E-state index contributed by atoms with van der Waals surface area (Å²) >= 11 is 2.54. The molecule has 1 nitrogen and oxygen atoms in total. The first-order valence-corrected chi connectivity index (χ1v) is 5.36. The molecule has 0 unspecified atom stereocenters. The van der Waals surface area contributed by atoms with Gasteiger partial charge >= 0.3 is 0 Å². The number of hydrogen-bond acceptors (Lipinski definition) is 1. The van der Waals surface area contributed by atoms with Crippen LogP contribution in [0, 0.1) is 11.8 Å². The monoisotopic (exact) mass is 268 g/mol. The molecule has 0 amide bonds. The average Bonchev–Trinajstić information content (AvgIpc) is 2.34. The minimum absolute atomic E-state index is 0.413. The van der Waals surface area contributed by atoms with Crippen molar-refractivity contribution in [1.29, 1.82) is 0 Å². The van der Waals surface area contributed by atoms with Gasteiger partial charge in [0.25, 0.3) is 0 Å². The van der Waals surface area contributed by atoms with E-state index in [4.69, 9.17) is 4.74 Å². The topological polar surface area (TPSA) is 9.23 Å². The first-order valence-electron chi connectivity index (χ1n) is 4.28. The van der Waals surface area contributed by atoms with Gasteiger partial charge in [-0.05, 0) is 18.3 Å². The third-order valence-corrected chi connectivity index (χ3v) is 3.74. The summed E-state index contributed by atoms with van der Waals surface area (Å²) in [6.07, 6.45) is 1.26. The van der Waals surface area contributed by atoms with Crippen LogP contribution in [-0.2, 0) is 4.74 Å². The Labute approximate surface area is 83.0 Å². The highest BCUT2D eigenvalue weighted by Gasteiger charge is 2.31. The maximum Gasteiger partial charge on any atom is 0.0498 e. The molecule has 0 aliphatic carbocycles. The number of rotatable bonds is 2. The van der Waals surface area contributed by atoms with Gasteiger partial charge in [-0.2, -0.15) is 0 Å². The zero-order chi connectivity index (χ0) is 8.48. The van der Waals surface area contributed by atoms with Crippen molar-refractivity contribution in [2.24, 2.45) is 11.8 Å². The Morgan fingerprint density at radius 1 is 1.55 bits per heavy atom. The summed E-state index contributed by atoms with van der Waals surface area (Å²) in [7, 11) is 0. The molecule has 1 fully saturated rings. The lowest BCUT2D eigenvalue weighted by molar-refractivity contribution is 0.170. The van der Waals surface area contributed by atoms with E-state index in [1.165, 1.54) is 6.42 Å². The highest BCUT2D eigenvalue weighted by molar-refractivity contribution is 14.1. The molecule has 2 atom stereocenters. The lowest BCUT2D eigenvalue weighted by atomic mass is 9.84. The van der Waals surface area contributed by atoms with Gasteiger partial charge in [0.15, 0.2) is 0 Å². The van der Waals surface area contributed by atoms with Crippen LogP contribution in [0.15, 0.2) is 0 Å². The molecule has 0 radical (unpaired) electrons. The molecule has 1 heterocycles. The van der Waals surface area contributed by atoms with Crippen LogP contribution in [0.5, 0.6) is 0 Å². The van der Waals surface area contributed by atoms with Crippen LogP contribution in [-0.4, -0.2) is 16.6 Å². The van der Waals surface area contributed by atoms with Crippen molar-refractivity contribution in [1.82, 2.24) is 0 Å². The maximum absolute atomic E-state index is 5.37. The van der Waals surface area contributed by atoms with Crippen molar-refractivity contribution in [3.05, 3.63) is 0 Å². The van der Waals surface area contributed by atoms with E-state index in [-0.39, 0.29) is 0 Å².